The quantitative estimate of drug-likeness (QED) is 0.635. The van der Waals surface area contributed by atoms with Crippen LogP contribution >= 0.6 is 11.6 Å². The zero-order valence-corrected chi connectivity index (χ0v) is 18.6. The van der Waals surface area contributed by atoms with Gasteiger partial charge in [0.2, 0.25) is 0 Å². The standard InChI is InChI=1S/C22H24ClN3O3S/c1-15-11-19(14-22(2,3)13-15)24-25-21(27)16-5-4-6-20(12-16)30(28,29)26-18-9-7-17(23)8-10-18/h4-12,26H,13-14H2,1-3H3,(H,25,27)/b24-19+. The highest BCUT2D eigenvalue weighted by Gasteiger charge is 2.25. The van der Waals surface area contributed by atoms with Crippen molar-refractivity contribution in [2.24, 2.45) is 10.5 Å². The third-order valence-electron chi connectivity index (χ3n) is 4.63. The first-order chi connectivity index (χ1) is 14.0. The van der Waals surface area contributed by atoms with Gasteiger partial charge in [0, 0.05) is 16.3 Å². The van der Waals surface area contributed by atoms with Gasteiger partial charge in [-0.25, -0.2) is 13.8 Å². The van der Waals surface area contributed by atoms with Crippen LogP contribution in [-0.2, 0) is 10.0 Å². The lowest BCUT2D eigenvalue weighted by Crippen LogP contribution is -2.25. The number of carbonyl (C=O) groups is 1. The lowest BCUT2D eigenvalue weighted by Gasteiger charge is -2.29. The van der Waals surface area contributed by atoms with E-state index < -0.39 is 15.9 Å². The number of sulfonamides is 1. The van der Waals surface area contributed by atoms with Crippen molar-refractivity contribution in [3.05, 3.63) is 70.8 Å². The van der Waals surface area contributed by atoms with Gasteiger partial charge in [-0.2, -0.15) is 5.10 Å². The number of anilines is 1. The van der Waals surface area contributed by atoms with Crippen LogP contribution in [0.3, 0.4) is 0 Å². The monoisotopic (exact) mass is 445 g/mol. The van der Waals surface area contributed by atoms with E-state index in [4.69, 9.17) is 11.6 Å². The Bertz CT molecular complexity index is 1120. The molecule has 1 amide bonds. The summed E-state index contributed by atoms with van der Waals surface area (Å²) in [4.78, 5) is 12.5. The predicted molar refractivity (Wildman–Crippen MR) is 120 cm³/mol. The Kier molecular flexibility index (Phi) is 6.33. The minimum Gasteiger partial charge on any atom is -0.280 e. The van der Waals surface area contributed by atoms with Crippen molar-refractivity contribution in [3.8, 4) is 0 Å². The molecule has 2 N–H and O–H groups in total. The molecule has 0 atom stereocenters. The molecule has 3 rings (SSSR count). The Morgan fingerprint density at radius 3 is 2.47 bits per heavy atom. The molecule has 8 heteroatoms. The number of rotatable bonds is 5. The van der Waals surface area contributed by atoms with E-state index in [1.54, 1.807) is 30.3 Å². The van der Waals surface area contributed by atoms with Crippen LogP contribution in [0.1, 0.15) is 44.0 Å². The van der Waals surface area contributed by atoms with Crippen LogP contribution in [0.5, 0.6) is 0 Å². The molecule has 0 aliphatic heterocycles. The largest absolute Gasteiger partial charge is 0.280 e. The highest BCUT2D eigenvalue weighted by Crippen LogP contribution is 2.33. The summed E-state index contributed by atoms with van der Waals surface area (Å²) < 4.78 is 27.8. The SMILES string of the molecule is CC1=C/C(=N\NC(=O)c2cccc(S(=O)(=O)Nc3ccc(Cl)cc3)c2)CC(C)(C)C1. The van der Waals surface area contributed by atoms with E-state index in [-0.39, 0.29) is 15.9 Å². The van der Waals surface area contributed by atoms with Gasteiger partial charge in [-0.05, 0) is 73.7 Å². The van der Waals surface area contributed by atoms with Gasteiger partial charge in [0.05, 0.1) is 10.6 Å². The third kappa shape index (κ3) is 5.70. The average molecular weight is 446 g/mol. The number of hydrogen-bond acceptors (Lipinski definition) is 4. The number of carbonyl (C=O) groups excluding carboxylic acids is 1. The summed E-state index contributed by atoms with van der Waals surface area (Å²) in [6, 6.07) is 12.1. The molecule has 0 bridgehead atoms. The van der Waals surface area contributed by atoms with Crippen molar-refractivity contribution in [2.45, 2.75) is 38.5 Å². The Hall–Kier alpha value is -2.64. The van der Waals surface area contributed by atoms with E-state index in [0.717, 1.165) is 18.6 Å². The molecular formula is C22H24ClN3O3S. The second-order valence-corrected chi connectivity index (χ2v) is 10.3. The van der Waals surface area contributed by atoms with Gasteiger partial charge in [-0.15, -0.1) is 0 Å². The average Bonchev–Trinajstić information content (AvgIpc) is 2.66. The maximum atomic E-state index is 12.7. The number of nitrogens with zero attached hydrogens (tertiary/aromatic N) is 1. The van der Waals surface area contributed by atoms with Crippen LogP contribution in [0, 0.1) is 5.41 Å². The van der Waals surface area contributed by atoms with Gasteiger partial charge in [0.25, 0.3) is 15.9 Å². The molecule has 0 aromatic heterocycles. The summed E-state index contributed by atoms with van der Waals surface area (Å²) in [5.41, 5.74) is 5.21. The molecule has 158 valence electrons. The van der Waals surface area contributed by atoms with Gasteiger partial charge >= 0.3 is 0 Å². The van der Waals surface area contributed by atoms with E-state index in [9.17, 15) is 13.2 Å². The summed E-state index contributed by atoms with van der Waals surface area (Å²) in [5.74, 6) is -0.472. The summed E-state index contributed by atoms with van der Waals surface area (Å²) in [7, 11) is -3.86. The lowest BCUT2D eigenvalue weighted by molar-refractivity contribution is 0.0954. The van der Waals surface area contributed by atoms with Crippen LogP contribution in [0.25, 0.3) is 0 Å². The first kappa shape index (κ1) is 22.1. The normalized spacial score (nSPS) is 17.3. The molecule has 6 nitrogen and oxygen atoms in total. The van der Waals surface area contributed by atoms with Crippen LogP contribution < -0.4 is 10.1 Å². The third-order valence-corrected chi connectivity index (χ3v) is 6.27. The van der Waals surface area contributed by atoms with Crippen molar-refractivity contribution in [3.63, 3.8) is 0 Å². The Balaban J connectivity index is 1.76. The Labute approximate surface area is 182 Å². The smallest absolute Gasteiger partial charge is 0.271 e. The highest BCUT2D eigenvalue weighted by molar-refractivity contribution is 7.92. The van der Waals surface area contributed by atoms with Crippen LogP contribution in [0.4, 0.5) is 5.69 Å². The van der Waals surface area contributed by atoms with Gasteiger partial charge in [-0.3, -0.25) is 9.52 Å². The Morgan fingerprint density at radius 1 is 1.10 bits per heavy atom. The van der Waals surface area contributed by atoms with Gasteiger partial charge in [0.1, 0.15) is 0 Å². The summed E-state index contributed by atoms with van der Waals surface area (Å²) in [6.07, 6.45) is 3.72. The maximum Gasteiger partial charge on any atom is 0.271 e. The molecule has 1 aliphatic rings. The second kappa shape index (κ2) is 8.62. The van der Waals surface area contributed by atoms with Crippen LogP contribution in [0.2, 0.25) is 5.02 Å². The molecule has 0 heterocycles. The van der Waals surface area contributed by atoms with E-state index in [1.165, 1.54) is 23.8 Å². The summed E-state index contributed by atoms with van der Waals surface area (Å²) in [6.45, 7) is 6.35. The first-order valence-corrected chi connectivity index (χ1v) is 11.3. The molecule has 0 unspecified atom stereocenters. The minimum atomic E-state index is -3.86. The van der Waals surface area contributed by atoms with Crippen LogP contribution in [-0.4, -0.2) is 20.0 Å². The van der Waals surface area contributed by atoms with E-state index >= 15 is 0 Å². The van der Waals surface area contributed by atoms with Gasteiger partial charge in [0.15, 0.2) is 0 Å². The molecule has 0 saturated heterocycles. The van der Waals surface area contributed by atoms with Crippen molar-refractivity contribution in [1.29, 1.82) is 0 Å². The highest BCUT2D eigenvalue weighted by atomic mass is 35.5. The number of amides is 1. The fourth-order valence-electron chi connectivity index (χ4n) is 3.49. The van der Waals surface area contributed by atoms with Crippen molar-refractivity contribution in [1.82, 2.24) is 5.43 Å². The van der Waals surface area contributed by atoms with Crippen molar-refractivity contribution >= 4 is 38.9 Å². The number of hydrazone groups is 1. The topological polar surface area (TPSA) is 87.6 Å². The minimum absolute atomic E-state index is 0.0210. The molecule has 0 radical (unpaired) electrons. The van der Waals surface area contributed by atoms with E-state index in [2.05, 4.69) is 29.1 Å². The molecule has 2 aromatic rings. The zero-order valence-electron chi connectivity index (χ0n) is 17.1. The van der Waals surface area contributed by atoms with E-state index in [0.29, 0.717) is 10.7 Å². The summed E-state index contributed by atoms with van der Waals surface area (Å²) in [5, 5.41) is 4.74. The van der Waals surface area contributed by atoms with Gasteiger partial charge in [-0.1, -0.05) is 37.1 Å². The Morgan fingerprint density at radius 2 is 1.80 bits per heavy atom. The fourth-order valence-corrected chi connectivity index (χ4v) is 4.72. The zero-order chi connectivity index (χ0) is 21.9. The fraction of sp³-hybridized carbons (Fsp3) is 0.273. The lowest BCUT2D eigenvalue weighted by atomic mass is 9.77. The molecule has 1 aliphatic carbocycles. The van der Waals surface area contributed by atoms with Gasteiger partial charge < -0.3 is 0 Å². The molecule has 30 heavy (non-hydrogen) atoms. The second-order valence-electron chi connectivity index (χ2n) is 8.19. The van der Waals surface area contributed by atoms with Crippen molar-refractivity contribution < 1.29 is 13.2 Å². The summed E-state index contributed by atoms with van der Waals surface area (Å²) >= 11 is 5.83. The number of halogens is 1. The molecule has 0 spiro atoms. The first-order valence-electron chi connectivity index (χ1n) is 9.47. The molecule has 0 saturated carbocycles. The number of hydrogen-bond donors (Lipinski definition) is 2. The molecule has 0 fully saturated rings. The number of allylic oxidation sites excluding steroid dienone is 2. The van der Waals surface area contributed by atoms with E-state index in [1.807, 2.05) is 13.0 Å². The van der Waals surface area contributed by atoms with Crippen molar-refractivity contribution in [2.75, 3.05) is 4.72 Å². The molecular weight excluding hydrogens is 422 g/mol. The maximum absolute atomic E-state index is 12.7. The number of nitrogens with one attached hydrogen (secondary N) is 2. The molecule has 2 aromatic carbocycles. The van der Waals surface area contributed by atoms with Crippen LogP contribution in [0.15, 0.2) is 70.2 Å². The predicted octanol–water partition coefficient (Wildman–Crippen LogP) is 4.99. The number of benzene rings is 2.